The molecule has 1 aliphatic rings. The summed E-state index contributed by atoms with van der Waals surface area (Å²) in [6, 6.07) is 25.1. The van der Waals surface area contributed by atoms with Crippen molar-refractivity contribution in [2.45, 2.75) is 19.0 Å². The van der Waals surface area contributed by atoms with Crippen molar-refractivity contribution >= 4 is 38.7 Å². The summed E-state index contributed by atoms with van der Waals surface area (Å²) < 4.78 is 28.0. The molecule has 2 atom stereocenters. The van der Waals surface area contributed by atoms with E-state index in [-0.39, 0.29) is 12.1 Å². The van der Waals surface area contributed by atoms with Gasteiger partial charge in [0.2, 0.25) is 10.0 Å². The monoisotopic (exact) mass is 503 g/mol. The minimum absolute atomic E-state index is 0.185. The van der Waals surface area contributed by atoms with Crippen molar-refractivity contribution < 1.29 is 8.42 Å². The lowest BCUT2D eigenvalue weighted by molar-refractivity contribution is 0.549. The maximum Gasteiger partial charge on any atom is 0.229 e. The Kier molecular flexibility index (Phi) is 6.04. The van der Waals surface area contributed by atoms with E-state index in [4.69, 9.17) is 12.2 Å². The van der Waals surface area contributed by atoms with Crippen LogP contribution in [0.3, 0.4) is 0 Å². The Morgan fingerprint density at radius 1 is 0.971 bits per heavy atom. The second-order valence-corrected chi connectivity index (χ2v) is 10.6. The molecule has 5 rings (SSSR count). The number of hydrogen-bond donors (Lipinski definition) is 2. The standard InChI is InChI=1S/C26H25N5O2S2/c1-18-8-3-4-10-22(18)30-17-7-11-23(30)25-24(21-9-5-6-16-27-21)28-26(34)31(25)20-14-12-19(13-15-20)29-35(2,32)33/h3-17,24-25,29H,1-2H3,(H,28,34). The number of hydrogen-bond acceptors (Lipinski definition) is 4. The molecule has 0 aliphatic carbocycles. The first-order valence-corrected chi connectivity index (χ1v) is 13.4. The number of anilines is 2. The van der Waals surface area contributed by atoms with Gasteiger partial charge >= 0.3 is 0 Å². The summed E-state index contributed by atoms with van der Waals surface area (Å²) in [6.07, 6.45) is 4.98. The normalized spacial score (nSPS) is 17.9. The van der Waals surface area contributed by atoms with Crippen LogP contribution in [0.4, 0.5) is 11.4 Å². The number of thiocarbonyl (C=S) groups is 1. The molecule has 0 bridgehead atoms. The molecule has 0 saturated carbocycles. The second-order valence-electron chi connectivity index (χ2n) is 8.51. The summed E-state index contributed by atoms with van der Waals surface area (Å²) in [5, 5.41) is 4.05. The fourth-order valence-electron chi connectivity index (χ4n) is 4.53. The van der Waals surface area contributed by atoms with E-state index >= 15 is 0 Å². The van der Waals surface area contributed by atoms with Crippen molar-refractivity contribution in [3.05, 3.63) is 108 Å². The predicted octanol–water partition coefficient (Wildman–Crippen LogP) is 4.73. The van der Waals surface area contributed by atoms with Gasteiger partial charge in [0, 0.05) is 35.1 Å². The van der Waals surface area contributed by atoms with E-state index in [1.54, 1.807) is 18.3 Å². The fraction of sp³-hybridized carbons (Fsp3) is 0.154. The molecule has 2 unspecified atom stereocenters. The van der Waals surface area contributed by atoms with Gasteiger partial charge in [-0.3, -0.25) is 9.71 Å². The molecule has 9 heteroatoms. The Hall–Kier alpha value is -3.69. The summed E-state index contributed by atoms with van der Waals surface area (Å²) in [4.78, 5) is 6.70. The molecule has 1 saturated heterocycles. The fourth-order valence-corrected chi connectivity index (χ4v) is 5.44. The van der Waals surface area contributed by atoms with E-state index in [2.05, 4.69) is 55.8 Å². The van der Waals surface area contributed by atoms with Gasteiger partial charge in [0.25, 0.3) is 0 Å². The summed E-state index contributed by atoms with van der Waals surface area (Å²) in [5.74, 6) is 0. The molecule has 3 heterocycles. The number of sulfonamides is 1. The van der Waals surface area contributed by atoms with Crippen molar-refractivity contribution in [3.63, 3.8) is 0 Å². The van der Waals surface area contributed by atoms with Crippen LogP contribution in [0.5, 0.6) is 0 Å². The quantitative estimate of drug-likeness (QED) is 0.371. The van der Waals surface area contributed by atoms with E-state index in [0.29, 0.717) is 10.8 Å². The lowest BCUT2D eigenvalue weighted by atomic mass is 10.0. The van der Waals surface area contributed by atoms with Crippen molar-refractivity contribution in [2.75, 3.05) is 15.9 Å². The lowest BCUT2D eigenvalue weighted by Gasteiger charge is -2.29. The van der Waals surface area contributed by atoms with Crippen molar-refractivity contribution in [3.8, 4) is 5.69 Å². The number of pyridine rings is 1. The van der Waals surface area contributed by atoms with E-state index in [1.807, 2.05) is 48.5 Å². The number of para-hydroxylation sites is 1. The maximum absolute atomic E-state index is 11.6. The molecule has 0 spiro atoms. The zero-order chi connectivity index (χ0) is 24.6. The zero-order valence-electron chi connectivity index (χ0n) is 19.3. The van der Waals surface area contributed by atoms with Gasteiger partial charge in [-0.15, -0.1) is 0 Å². The molecule has 2 aromatic carbocycles. The Morgan fingerprint density at radius 3 is 2.40 bits per heavy atom. The highest BCUT2D eigenvalue weighted by molar-refractivity contribution is 7.92. The van der Waals surface area contributed by atoms with Crippen molar-refractivity contribution in [2.24, 2.45) is 0 Å². The van der Waals surface area contributed by atoms with Gasteiger partial charge in [-0.1, -0.05) is 24.3 Å². The number of nitrogens with zero attached hydrogens (tertiary/aromatic N) is 3. The minimum Gasteiger partial charge on any atom is -0.351 e. The third-order valence-electron chi connectivity index (χ3n) is 6.01. The number of rotatable bonds is 6. The molecule has 0 amide bonds. The average Bonchev–Trinajstić information content (AvgIpc) is 3.44. The van der Waals surface area contributed by atoms with Crippen LogP contribution in [0.25, 0.3) is 5.69 Å². The highest BCUT2D eigenvalue weighted by atomic mass is 32.2. The molecule has 35 heavy (non-hydrogen) atoms. The van der Waals surface area contributed by atoms with Crippen LogP contribution in [0, 0.1) is 6.92 Å². The first kappa shape index (κ1) is 23.1. The molecule has 7 nitrogen and oxygen atoms in total. The van der Waals surface area contributed by atoms with E-state index in [0.717, 1.165) is 34.6 Å². The molecular weight excluding hydrogens is 478 g/mol. The van der Waals surface area contributed by atoms with Crippen LogP contribution in [-0.2, 0) is 10.0 Å². The zero-order valence-corrected chi connectivity index (χ0v) is 20.9. The van der Waals surface area contributed by atoms with Gasteiger partial charge in [-0.2, -0.15) is 0 Å². The maximum atomic E-state index is 11.6. The summed E-state index contributed by atoms with van der Waals surface area (Å²) in [6.45, 7) is 2.10. The number of nitrogens with one attached hydrogen (secondary N) is 2. The van der Waals surface area contributed by atoms with Gasteiger partial charge in [0.15, 0.2) is 5.11 Å². The Balaban J connectivity index is 1.62. The van der Waals surface area contributed by atoms with E-state index in [1.165, 1.54) is 0 Å². The smallest absolute Gasteiger partial charge is 0.229 e. The molecule has 4 aromatic rings. The Labute approximate surface area is 210 Å². The van der Waals surface area contributed by atoms with Gasteiger partial charge in [-0.25, -0.2) is 8.42 Å². The molecule has 0 radical (unpaired) electrons. The second kappa shape index (κ2) is 9.16. The summed E-state index contributed by atoms with van der Waals surface area (Å²) >= 11 is 5.82. The van der Waals surface area contributed by atoms with E-state index < -0.39 is 10.0 Å². The lowest BCUT2D eigenvalue weighted by Crippen LogP contribution is -2.30. The van der Waals surface area contributed by atoms with Crippen LogP contribution in [0.15, 0.2) is 91.3 Å². The molecule has 2 aromatic heterocycles. The average molecular weight is 504 g/mol. The Bertz CT molecular complexity index is 1470. The number of aromatic nitrogens is 2. The highest BCUT2D eigenvalue weighted by Crippen LogP contribution is 2.42. The summed E-state index contributed by atoms with van der Waals surface area (Å²) in [7, 11) is -3.36. The van der Waals surface area contributed by atoms with Gasteiger partial charge < -0.3 is 14.8 Å². The number of aryl methyl sites for hydroxylation is 1. The van der Waals surface area contributed by atoms with Gasteiger partial charge in [0.1, 0.15) is 6.04 Å². The minimum atomic E-state index is -3.36. The molecule has 178 valence electrons. The van der Waals surface area contributed by atoms with Crippen LogP contribution < -0.4 is 14.9 Å². The topological polar surface area (TPSA) is 79.3 Å². The first-order chi connectivity index (χ1) is 16.8. The van der Waals surface area contributed by atoms with Crippen LogP contribution >= 0.6 is 12.2 Å². The van der Waals surface area contributed by atoms with Gasteiger partial charge in [0.05, 0.1) is 18.0 Å². The van der Waals surface area contributed by atoms with Crippen molar-refractivity contribution in [1.82, 2.24) is 14.9 Å². The molecule has 1 fully saturated rings. The molecule has 1 aliphatic heterocycles. The van der Waals surface area contributed by atoms with Crippen LogP contribution in [0.2, 0.25) is 0 Å². The van der Waals surface area contributed by atoms with Crippen molar-refractivity contribution in [1.29, 1.82) is 0 Å². The van der Waals surface area contributed by atoms with Crippen LogP contribution in [-0.4, -0.2) is 29.3 Å². The largest absolute Gasteiger partial charge is 0.351 e. The highest BCUT2D eigenvalue weighted by Gasteiger charge is 2.42. The van der Waals surface area contributed by atoms with Crippen LogP contribution in [0.1, 0.15) is 29.0 Å². The summed E-state index contributed by atoms with van der Waals surface area (Å²) in [5.41, 5.74) is 5.54. The Morgan fingerprint density at radius 2 is 1.71 bits per heavy atom. The predicted molar refractivity (Wildman–Crippen MR) is 143 cm³/mol. The molecular formula is C26H25N5O2S2. The molecule has 2 N–H and O–H groups in total. The SMILES string of the molecule is Cc1ccccc1-n1cccc1C1C(c2ccccn2)NC(=S)N1c1ccc(NS(C)(=O)=O)cc1. The number of benzene rings is 2. The van der Waals surface area contributed by atoms with Gasteiger partial charge in [-0.05, 0) is 79.3 Å². The third-order valence-corrected chi connectivity index (χ3v) is 6.93. The third kappa shape index (κ3) is 4.65. The first-order valence-electron chi connectivity index (χ1n) is 11.1. The van der Waals surface area contributed by atoms with E-state index in [9.17, 15) is 8.42 Å².